The topological polar surface area (TPSA) is 123 Å². The summed E-state index contributed by atoms with van der Waals surface area (Å²) < 4.78 is 17.4. The fraction of sp³-hybridized carbons (Fsp3) is 0.500. The third kappa shape index (κ3) is 5.89. The lowest BCUT2D eigenvalue weighted by Crippen LogP contribution is -2.35. The highest BCUT2D eigenvalue weighted by Crippen LogP contribution is 2.29. The molecular formula is C20H22B3N7O3. The smallest absolute Gasteiger partial charge is 0.257 e. The van der Waals surface area contributed by atoms with Gasteiger partial charge in [0.1, 0.15) is 29.2 Å². The molecule has 3 aromatic rings. The Morgan fingerprint density at radius 1 is 1.27 bits per heavy atom. The Morgan fingerprint density at radius 2 is 2.06 bits per heavy atom. The molecule has 3 aromatic heterocycles. The Bertz CT molecular complexity index is 1130. The number of hydrogen-bond donors (Lipinski definition) is 2. The molecule has 13 heteroatoms. The van der Waals surface area contributed by atoms with Crippen molar-refractivity contribution >= 4 is 46.2 Å². The molecule has 0 spiro atoms. The zero-order valence-electron chi connectivity index (χ0n) is 18.3. The van der Waals surface area contributed by atoms with Gasteiger partial charge in [0.25, 0.3) is 5.88 Å². The maximum Gasteiger partial charge on any atom is 0.257 e. The molecule has 33 heavy (non-hydrogen) atoms. The third-order valence-corrected chi connectivity index (χ3v) is 5.14. The maximum absolute atomic E-state index is 8.98. The predicted molar refractivity (Wildman–Crippen MR) is 124 cm³/mol. The minimum atomic E-state index is -1.70. The second-order valence-electron chi connectivity index (χ2n) is 8.17. The molecule has 2 N–H and O–H groups in total. The largest absolute Gasteiger partial charge is 0.469 e. The van der Waals surface area contributed by atoms with E-state index in [0.717, 1.165) is 30.9 Å². The van der Waals surface area contributed by atoms with Crippen molar-refractivity contribution in [2.75, 3.05) is 31.7 Å². The van der Waals surface area contributed by atoms with Crippen LogP contribution in [0, 0.1) is 17.2 Å². The second-order valence-corrected chi connectivity index (χ2v) is 8.17. The van der Waals surface area contributed by atoms with Crippen molar-refractivity contribution in [3.63, 3.8) is 0 Å². The first kappa shape index (κ1) is 23.2. The quantitative estimate of drug-likeness (QED) is 0.564. The molecule has 2 saturated heterocycles. The van der Waals surface area contributed by atoms with E-state index in [1.165, 1.54) is 17.3 Å². The van der Waals surface area contributed by atoms with E-state index in [9.17, 15) is 0 Å². The summed E-state index contributed by atoms with van der Waals surface area (Å²) in [6, 6.07) is 3.69. The van der Waals surface area contributed by atoms with E-state index in [1.807, 2.05) is 6.07 Å². The van der Waals surface area contributed by atoms with Gasteiger partial charge in [-0.1, -0.05) is 6.92 Å². The summed E-state index contributed by atoms with van der Waals surface area (Å²) in [6.45, 7) is 5.28. The van der Waals surface area contributed by atoms with Gasteiger partial charge >= 0.3 is 0 Å². The first-order chi connectivity index (χ1) is 15.8. The third-order valence-electron chi connectivity index (χ3n) is 5.14. The van der Waals surface area contributed by atoms with Crippen LogP contribution in [0.5, 0.6) is 5.88 Å². The van der Waals surface area contributed by atoms with Crippen LogP contribution in [0.3, 0.4) is 0 Å². The van der Waals surface area contributed by atoms with Crippen LogP contribution < -0.4 is 10.1 Å². The van der Waals surface area contributed by atoms with Gasteiger partial charge in [-0.3, -0.25) is 4.68 Å². The minimum Gasteiger partial charge on any atom is -0.469 e. The van der Waals surface area contributed by atoms with Crippen LogP contribution in [0.15, 0.2) is 18.5 Å². The summed E-state index contributed by atoms with van der Waals surface area (Å²) in [5.41, 5.74) is 1.36. The number of aromatic nitrogens is 5. The van der Waals surface area contributed by atoms with Crippen LogP contribution in [0.2, 0.25) is 0 Å². The van der Waals surface area contributed by atoms with E-state index in [1.54, 1.807) is 12.3 Å². The van der Waals surface area contributed by atoms with Crippen molar-refractivity contribution in [1.82, 2.24) is 24.7 Å². The first-order valence-corrected chi connectivity index (χ1v) is 10.6. The molecule has 10 nitrogen and oxygen atoms in total. The van der Waals surface area contributed by atoms with Gasteiger partial charge in [0.05, 0.1) is 42.9 Å². The van der Waals surface area contributed by atoms with Gasteiger partial charge in [0.15, 0.2) is 0 Å². The fourth-order valence-corrected chi connectivity index (χ4v) is 3.30. The highest BCUT2D eigenvalue weighted by Gasteiger charge is 2.24. The molecule has 2 aliphatic rings. The van der Waals surface area contributed by atoms with Crippen molar-refractivity contribution < 1.29 is 14.2 Å². The van der Waals surface area contributed by atoms with E-state index in [4.69, 9.17) is 43.0 Å². The standard InChI is InChI=1S/C15H12B3N7O2.C5H10O/c16-15(17,18)25-6-11(13(24-25)27-10-1-2-26-7-10)22-14-20-5-8-3-9(4-19)21-12(8)23-14;1-5-2-3-6-4-5/h3,5-6,10H,1-2,7H2,(H2,20,21,22,23);5H,2-4H2,1H3. The molecule has 0 amide bonds. The molecule has 0 saturated carbocycles. The Balaban J connectivity index is 0.000000376. The Kier molecular flexibility index (Phi) is 6.95. The lowest BCUT2D eigenvalue weighted by molar-refractivity contribution is 0.138. The molecule has 0 aliphatic carbocycles. The predicted octanol–water partition coefficient (Wildman–Crippen LogP) is 1.05. The van der Waals surface area contributed by atoms with E-state index >= 15 is 0 Å². The molecule has 0 aromatic carbocycles. The van der Waals surface area contributed by atoms with Gasteiger partial charge < -0.3 is 24.5 Å². The van der Waals surface area contributed by atoms with Gasteiger partial charge in [-0.2, -0.15) is 10.2 Å². The van der Waals surface area contributed by atoms with Crippen LogP contribution in [-0.2, 0) is 14.7 Å². The van der Waals surface area contributed by atoms with Gasteiger partial charge in [0.2, 0.25) is 5.95 Å². The zero-order valence-corrected chi connectivity index (χ0v) is 18.3. The van der Waals surface area contributed by atoms with Crippen LogP contribution in [0.25, 0.3) is 11.0 Å². The molecule has 5 heterocycles. The normalized spacial score (nSPS) is 20.2. The van der Waals surface area contributed by atoms with E-state index in [2.05, 4.69) is 32.3 Å². The van der Waals surface area contributed by atoms with Crippen molar-refractivity contribution in [2.45, 2.75) is 31.1 Å². The van der Waals surface area contributed by atoms with Crippen molar-refractivity contribution in [3.8, 4) is 11.9 Å². The molecule has 5 rings (SSSR count). The molecule has 0 bridgehead atoms. The average molecular weight is 441 g/mol. The number of nitrogens with one attached hydrogen (secondary N) is 2. The summed E-state index contributed by atoms with van der Waals surface area (Å²) in [7, 11) is 17.1. The number of anilines is 2. The maximum atomic E-state index is 8.98. The number of hydrogen-bond acceptors (Lipinski definition) is 8. The second kappa shape index (κ2) is 9.89. The summed E-state index contributed by atoms with van der Waals surface area (Å²) in [6.07, 6.45) is 4.97. The SMILES string of the molecule is CC1CCOC1.[B]C([B])([B])n1cc(Nc2ncc3cc(C#N)[nH]c3n2)c(OC2CCOC2)n1. The summed E-state index contributed by atoms with van der Waals surface area (Å²) in [5.74, 6) is 1.35. The van der Waals surface area contributed by atoms with Crippen molar-refractivity contribution in [1.29, 1.82) is 5.26 Å². The van der Waals surface area contributed by atoms with Crippen LogP contribution in [0.1, 0.15) is 25.5 Å². The highest BCUT2D eigenvalue weighted by atomic mass is 16.6. The zero-order chi connectivity index (χ0) is 23.4. The van der Waals surface area contributed by atoms with E-state index in [0.29, 0.717) is 30.2 Å². The summed E-state index contributed by atoms with van der Waals surface area (Å²) >= 11 is 0. The fourth-order valence-electron chi connectivity index (χ4n) is 3.30. The van der Waals surface area contributed by atoms with Crippen molar-refractivity contribution in [3.05, 3.63) is 24.2 Å². The molecule has 6 radical (unpaired) electrons. The molecule has 2 fully saturated rings. The Hall–Kier alpha value is -2.97. The number of ether oxygens (including phenoxy) is 3. The number of fused-ring (bicyclic) bond motifs is 1. The van der Waals surface area contributed by atoms with E-state index < -0.39 is 5.24 Å². The number of H-pyrrole nitrogens is 1. The lowest BCUT2D eigenvalue weighted by Gasteiger charge is -2.20. The number of rotatable bonds is 5. The van der Waals surface area contributed by atoms with Crippen LogP contribution in [0.4, 0.5) is 11.6 Å². The summed E-state index contributed by atoms with van der Waals surface area (Å²) in [4.78, 5) is 11.5. The molecular weight excluding hydrogens is 419 g/mol. The Labute approximate surface area is 195 Å². The highest BCUT2D eigenvalue weighted by molar-refractivity contribution is 6.56. The molecule has 2 aliphatic heterocycles. The van der Waals surface area contributed by atoms with Crippen LogP contribution >= 0.6 is 0 Å². The van der Waals surface area contributed by atoms with Crippen LogP contribution in [-0.4, -0.2) is 80.8 Å². The van der Waals surface area contributed by atoms with E-state index in [-0.39, 0.29) is 17.9 Å². The minimum absolute atomic E-state index is 0.137. The lowest BCUT2D eigenvalue weighted by atomic mass is 9.49. The van der Waals surface area contributed by atoms with Gasteiger partial charge in [-0.05, 0) is 23.6 Å². The summed E-state index contributed by atoms with van der Waals surface area (Å²) in [5, 5.41) is 15.2. The molecule has 2 unspecified atom stereocenters. The molecule has 2 atom stereocenters. The first-order valence-electron chi connectivity index (χ1n) is 10.6. The number of nitriles is 1. The Morgan fingerprint density at radius 3 is 2.67 bits per heavy atom. The van der Waals surface area contributed by atoms with Gasteiger partial charge in [0, 0.05) is 31.2 Å². The number of aromatic amines is 1. The monoisotopic (exact) mass is 441 g/mol. The molecule has 164 valence electrons. The van der Waals surface area contributed by atoms with Gasteiger partial charge in [-0.15, -0.1) is 5.10 Å². The van der Waals surface area contributed by atoms with Gasteiger partial charge in [-0.25, -0.2) is 4.98 Å². The van der Waals surface area contributed by atoms with Crippen molar-refractivity contribution in [2.24, 2.45) is 5.92 Å². The number of nitrogens with zero attached hydrogens (tertiary/aromatic N) is 5. The average Bonchev–Trinajstić information content (AvgIpc) is 3.56.